The molecule has 0 aliphatic rings. The van der Waals surface area contributed by atoms with Crippen LogP contribution in [0.25, 0.3) is 22.5 Å². The van der Waals surface area contributed by atoms with E-state index in [-0.39, 0.29) is 22.6 Å². The van der Waals surface area contributed by atoms with Crippen molar-refractivity contribution in [2.75, 3.05) is 20.6 Å². The van der Waals surface area contributed by atoms with Gasteiger partial charge in [-0.05, 0) is 48.2 Å². The highest BCUT2D eigenvalue weighted by molar-refractivity contribution is 9.10. The predicted molar refractivity (Wildman–Crippen MR) is 114 cm³/mol. The fourth-order valence-electron chi connectivity index (χ4n) is 3.22. The summed E-state index contributed by atoms with van der Waals surface area (Å²) in [6.45, 7) is 1.16. The third kappa shape index (κ3) is 4.32. The van der Waals surface area contributed by atoms with Gasteiger partial charge in [0.15, 0.2) is 0 Å². The zero-order valence-electron chi connectivity index (χ0n) is 17.1. The minimum Gasteiger partial charge on any atom is -0.415 e. The predicted octanol–water partition coefficient (Wildman–Crippen LogP) is 3.70. The standard InChI is InChI=1S/C20H18BrF3N6O2/c1-28(2)5-6-29-15-7-13(21)14(22)8-16(15)30(20(29)31)10-12-4-3-11(9-25-12)18-26-27-19(32-18)17(23)24/h3-4,7-9,17H,5-6,10H2,1-2H3. The van der Waals surface area contributed by atoms with Crippen molar-refractivity contribution in [3.63, 3.8) is 0 Å². The van der Waals surface area contributed by atoms with Crippen LogP contribution in [0.15, 0.2) is 44.1 Å². The summed E-state index contributed by atoms with van der Waals surface area (Å²) in [5.74, 6) is -1.33. The van der Waals surface area contributed by atoms with E-state index in [1.165, 1.54) is 16.8 Å². The second kappa shape index (κ2) is 8.87. The number of likely N-dealkylation sites (N-methyl/N-ethyl adjacent to an activating group) is 1. The SMILES string of the molecule is CN(C)CCn1c(=O)n(Cc2ccc(-c3nnc(C(F)F)o3)cn2)c2cc(F)c(Br)cc21. The van der Waals surface area contributed by atoms with Gasteiger partial charge in [-0.3, -0.25) is 14.1 Å². The van der Waals surface area contributed by atoms with E-state index >= 15 is 0 Å². The van der Waals surface area contributed by atoms with Crippen LogP contribution in [0.1, 0.15) is 18.0 Å². The van der Waals surface area contributed by atoms with E-state index < -0.39 is 18.1 Å². The Morgan fingerprint density at radius 3 is 2.53 bits per heavy atom. The highest BCUT2D eigenvalue weighted by atomic mass is 79.9. The number of hydrogen-bond acceptors (Lipinski definition) is 6. The molecule has 0 aliphatic carbocycles. The quantitative estimate of drug-likeness (QED) is 0.377. The number of alkyl halides is 2. The first kappa shape index (κ1) is 22.2. The molecule has 3 aromatic heterocycles. The highest BCUT2D eigenvalue weighted by Gasteiger charge is 2.19. The lowest BCUT2D eigenvalue weighted by molar-refractivity contribution is 0.116. The minimum absolute atomic E-state index is 0.0799. The smallest absolute Gasteiger partial charge is 0.329 e. The second-order valence-corrected chi connectivity index (χ2v) is 8.22. The van der Waals surface area contributed by atoms with Crippen LogP contribution in [0.2, 0.25) is 0 Å². The molecule has 0 saturated carbocycles. The van der Waals surface area contributed by atoms with Crippen molar-refractivity contribution in [3.8, 4) is 11.5 Å². The van der Waals surface area contributed by atoms with Gasteiger partial charge in [0.2, 0.25) is 5.89 Å². The molecule has 0 radical (unpaired) electrons. The maximum atomic E-state index is 14.2. The molecule has 0 fully saturated rings. The van der Waals surface area contributed by atoms with Gasteiger partial charge in [-0.1, -0.05) is 0 Å². The second-order valence-electron chi connectivity index (χ2n) is 7.36. The maximum Gasteiger partial charge on any atom is 0.329 e. The zero-order chi connectivity index (χ0) is 23.0. The first-order valence-electron chi connectivity index (χ1n) is 9.54. The van der Waals surface area contributed by atoms with Crippen molar-refractivity contribution in [2.24, 2.45) is 0 Å². The van der Waals surface area contributed by atoms with Gasteiger partial charge in [-0.2, -0.15) is 8.78 Å². The molecule has 32 heavy (non-hydrogen) atoms. The Kier molecular flexibility index (Phi) is 6.15. The van der Waals surface area contributed by atoms with E-state index in [9.17, 15) is 18.0 Å². The summed E-state index contributed by atoms with van der Waals surface area (Å²) in [5.41, 5.74) is 1.64. The molecule has 8 nitrogen and oxygen atoms in total. The van der Waals surface area contributed by atoms with Gasteiger partial charge in [-0.15, -0.1) is 10.2 Å². The largest absolute Gasteiger partial charge is 0.415 e. The molecule has 0 bridgehead atoms. The summed E-state index contributed by atoms with van der Waals surface area (Å²) in [6.07, 6.45) is -1.47. The van der Waals surface area contributed by atoms with Crippen molar-refractivity contribution in [3.05, 3.63) is 62.8 Å². The fourth-order valence-corrected chi connectivity index (χ4v) is 3.56. The molecule has 0 spiro atoms. The first-order valence-corrected chi connectivity index (χ1v) is 10.3. The number of pyridine rings is 1. The van der Waals surface area contributed by atoms with E-state index in [4.69, 9.17) is 4.42 Å². The van der Waals surface area contributed by atoms with E-state index in [2.05, 4.69) is 31.1 Å². The Balaban J connectivity index is 1.68. The van der Waals surface area contributed by atoms with Gasteiger partial charge in [0.1, 0.15) is 5.82 Å². The van der Waals surface area contributed by atoms with Crippen LogP contribution in [-0.4, -0.2) is 49.9 Å². The van der Waals surface area contributed by atoms with E-state index in [0.29, 0.717) is 35.4 Å². The number of benzene rings is 1. The Morgan fingerprint density at radius 1 is 1.16 bits per heavy atom. The summed E-state index contributed by atoms with van der Waals surface area (Å²) in [5, 5.41) is 6.88. The van der Waals surface area contributed by atoms with Gasteiger partial charge in [0.25, 0.3) is 5.89 Å². The molecular weight excluding hydrogens is 493 g/mol. The normalized spacial score (nSPS) is 11.9. The van der Waals surface area contributed by atoms with Crippen molar-refractivity contribution in [2.45, 2.75) is 19.5 Å². The number of hydrogen-bond donors (Lipinski definition) is 0. The molecule has 0 saturated heterocycles. The van der Waals surface area contributed by atoms with Crippen LogP contribution in [0, 0.1) is 5.82 Å². The van der Waals surface area contributed by atoms with Crippen LogP contribution < -0.4 is 5.69 Å². The molecule has 0 atom stereocenters. The number of fused-ring (bicyclic) bond motifs is 1. The Labute approximate surface area is 188 Å². The van der Waals surface area contributed by atoms with Crippen LogP contribution >= 0.6 is 15.9 Å². The molecule has 4 rings (SSSR count). The van der Waals surface area contributed by atoms with Crippen molar-refractivity contribution in [1.29, 1.82) is 0 Å². The third-order valence-electron chi connectivity index (χ3n) is 4.85. The van der Waals surface area contributed by atoms with Crippen molar-refractivity contribution < 1.29 is 17.6 Å². The summed E-state index contributed by atoms with van der Waals surface area (Å²) < 4.78 is 47.8. The van der Waals surface area contributed by atoms with Crippen LogP contribution in [0.5, 0.6) is 0 Å². The monoisotopic (exact) mass is 510 g/mol. The molecule has 168 valence electrons. The lowest BCUT2D eigenvalue weighted by atomic mass is 10.2. The number of nitrogens with zero attached hydrogens (tertiary/aromatic N) is 6. The Bertz CT molecular complexity index is 1310. The molecule has 4 aromatic rings. The number of imidazole rings is 1. The van der Waals surface area contributed by atoms with Gasteiger partial charge < -0.3 is 9.32 Å². The number of halogens is 4. The molecule has 0 N–H and O–H groups in total. The molecule has 0 aliphatic heterocycles. The Hall–Kier alpha value is -2.99. The van der Waals surface area contributed by atoms with E-state index in [0.717, 1.165) is 0 Å². The van der Waals surface area contributed by atoms with Crippen molar-refractivity contribution >= 4 is 27.0 Å². The van der Waals surface area contributed by atoms with Crippen molar-refractivity contribution in [1.82, 2.24) is 29.2 Å². The Morgan fingerprint density at radius 2 is 1.91 bits per heavy atom. The van der Waals surface area contributed by atoms with Crippen LogP contribution in [0.4, 0.5) is 13.2 Å². The maximum absolute atomic E-state index is 14.2. The molecule has 0 unspecified atom stereocenters. The topological polar surface area (TPSA) is 82.0 Å². The molecule has 0 amide bonds. The zero-order valence-corrected chi connectivity index (χ0v) is 18.7. The van der Waals surface area contributed by atoms with E-state index in [1.807, 2.05) is 19.0 Å². The summed E-state index contributed by atoms with van der Waals surface area (Å²) in [6, 6.07) is 6.10. The first-order chi connectivity index (χ1) is 15.2. The van der Waals surface area contributed by atoms with Gasteiger partial charge in [-0.25, -0.2) is 9.18 Å². The summed E-state index contributed by atoms with van der Waals surface area (Å²) in [4.78, 5) is 19.4. The fraction of sp³-hybridized carbons (Fsp3) is 0.300. The lowest BCUT2D eigenvalue weighted by Crippen LogP contribution is -2.28. The third-order valence-corrected chi connectivity index (χ3v) is 5.46. The molecule has 1 aromatic carbocycles. The van der Waals surface area contributed by atoms with Crippen LogP contribution in [-0.2, 0) is 13.1 Å². The van der Waals surface area contributed by atoms with Gasteiger partial charge in [0, 0.05) is 25.4 Å². The average molecular weight is 511 g/mol. The molecule has 3 heterocycles. The highest BCUT2D eigenvalue weighted by Crippen LogP contribution is 2.25. The van der Waals surface area contributed by atoms with E-state index in [1.54, 1.807) is 22.8 Å². The minimum atomic E-state index is -2.86. The van der Waals surface area contributed by atoms with Gasteiger partial charge >= 0.3 is 12.1 Å². The number of rotatable bonds is 7. The lowest BCUT2D eigenvalue weighted by Gasteiger charge is -2.10. The average Bonchev–Trinajstić information content (AvgIpc) is 3.33. The van der Waals surface area contributed by atoms with Gasteiger partial charge in [0.05, 0.1) is 33.3 Å². The molecule has 12 heteroatoms. The molecular formula is C20H18BrF3N6O2. The number of aromatic nitrogens is 5. The summed E-state index contributed by atoms with van der Waals surface area (Å²) in [7, 11) is 3.80. The summed E-state index contributed by atoms with van der Waals surface area (Å²) >= 11 is 3.18. The van der Waals surface area contributed by atoms with Crippen LogP contribution in [0.3, 0.4) is 0 Å².